The molecule has 12 nitrogen and oxygen atoms in total. The molecule has 1 aromatic heterocycles. The normalized spacial score (nSPS) is 29.0. The molecule has 5 rings (SSSR count). The third-order valence-corrected chi connectivity index (χ3v) is 9.55. The second-order valence-electron chi connectivity index (χ2n) is 13.6. The largest absolute Gasteiger partial charge is 0.462 e. The molecule has 2 aliphatic heterocycles. The molecule has 4 unspecified atom stereocenters. The van der Waals surface area contributed by atoms with Crippen LogP contribution in [0.1, 0.15) is 96.9 Å². The van der Waals surface area contributed by atoms with Crippen molar-refractivity contribution in [1.29, 1.82) is 0 Å². The predicted molar refractivity (Wildman–Crippen MR) is 179 cm³/mol. The van der Waals surface area contributed by atoms with E-state index in [1.165, 1.54) is 5.01 Å². The number of cyclic esters (lactones) is 1. The lowest BCUT2D eigenvalue weighted by molar-refractivity contribution is -0.170. The highest BCUT2D eigenvalue weighted by Gasteiger charge is 2.44. The van der Waals surface area contributed by atoms with E-state index in [9.17, 15) is 24.0 Å². The summed E-state index contributed by atoms with van der Waals surface area (Å²) in [5.74, 6) is -2.45. The van der Waals surface area contributed by atoms with Gasteiger partial charge in [-0.25, -0.2) is 5.43 Å². The summed E-state index contributed by atoms with van der Waals surface area (Å²) in [5, 5.41) is 8.06. The van der Waals surface area contributed by atoms with Gasteiger partial charge in [-0.15, -0.1) is 0 Å². The summed E-state index contributed by atoms with van der Waals surface area (Å²) in [4.78, 5) is 71.2. The number of nitrogens with one attached hydrogen (secondary N) is 3. The molecule has 48 heavy (non-hydrogen) atoms. The summed E-state index contributed by atoms with van der Waals surface area (Å²) in [6.07, 6.45) is 5.31. The fourth-order valence-electron chi connectivity index (χ4n) is 6.52. The first-order valence-electron chi connectivity index (χ1n) is 17.1. The predicted octanol–water partition coefficient (Wildman–Crippen LogP) is 3.89. The van der Waals surface area contributed by atoms with E-state index in [-0.39, 0.29) is 30.3 Å². The van der Waals surface area contributed by atoms with Crippen molar-refractivity contribution in [3.05, 3.63) is 47.7 Å². The summed E-state index contributed by atoms with van der Waals surface area (Å²) < 4.78 is 11.6. The topological polar surface area (TPSA) is 156 Å². The van der Waals surface area contributed by atoms with Crippen molar-refractivity contribution in [2.45, 2.75) is 110 Å². The lowest BCUT2D eigenvalue weighted by atomic mass is 9.72. The minimum atomic E-state index is -1.15. The molecule has 1 aliphatic carbocycles. The van der Waals surface area contributed by atoms with Crippen LogP contribution >= 0.6 is 0 Å². The van der Waals surface area contributed by atoms with E-state index in [1.807, 2.05) is 49.4 Å². The van der Waals surface area contributed by atoms with Crippen LogP contribution in [0, 0.1) is 11.3 Å². The number of carbonyl (C=O) groups is 5. The van der Waals surface area contributed by atoms with Crippen molar-refractivity contribution in [3.63, 3.8) is 0 Å². The Morgan fingerprint density at radius 2 is 1.73 bits per heavy atom. The number of esters is 2. The van der Waals surface area contributed by atoms with Gasteiger partial charge in [0.15, 0.2) is 6.10 Å². The van der Waals surface area contributed by atoms with Crippen LogP contribution in [-0.4, -0.2) is 70.5 Å². The molecule has 258 valence electrons. The van der Waals surface area contributed by atoms with E-state index >= 15 is 0 Å². The van der Waals surface area contributed by atoms with E-state index < -0.39 is 47.4 Å². The smallest absolute Gasteiger partial charge is 0.316 e. The summed E-state index contributed by atoms with van der Waals surface area (Å²) in [6, 6.07) is 7.68. The molecule has 2 fully saturated rings. The monoisotopic (exact) mass is 661 g/mol. The van der Waals surface area contributed by atoms with Gasteiger partial charge in [0.2, 0.25) is 5.91 Å². The van der Waals surface area contributed by atoms with Crippen molar-refractivity contribution in [2.75, 3.05) is 6.54 Å². The van der Waals surface area contributed by atoms with Crippen LogP contribution in [0.3, 0.4) is 0 Å². The summed E-state index contributed by atoms with van der Waals surface area (Å²) >= 11 is 0. The van der Waals surface area contributed by atoms with Crippen LogP contribution in [0.5, 0.6) is 0 Å². The molecule has 2 aromatic rings. The molecule has 4 atom stereocenters. The molecule has 1 aromatic carbocycles. The van der Waals surface area contributed by atoms with E-state index in [0.29, 0.717) is 50.8 Å². The zero-order valence-corrected chi connectivity index (χ0v) is 28.4. The molecule has 1 saturated carbocycles. The summed E-state index contributed by atoms with van der Waals surface area (Å²) in [7, 11) is 0. The van der Waals surface area contributed by atoms with Crippen molar-refractivity contribution in [1.82, 2.24) is 26.1 Å². The Hall–Kier alpha value is -4.32. The number of ether oxygens (including phenoxy) is 2. The quantitative estimate of drug-likeness (QED) is 0.416. The van der Waals surface area contributed by atoms with Gasteiger partial charge in [-0.1, -0.05) is 51.1 Å². The molecule has 3 N–H and O–H groups in total. The first-order valence-corrected chi connectivity index (χ1v) is 17.1. The third kappa shape index (κ3) is 7.86. The number of pyridine rings is 1. The van der Waals surface area contributed by atoms with E-state index in [0.717, 1.165) is 16.5 Å². The number of aromatic nitrogens is 1. The van der Waals surface area contributed by atoms with E-state index in [1.54, 1.807) is 27.7 Å². The zero-order chi connectivity index (χ0) is 34.6. The average molecular weight is 662 g/mol. The molecular formula is C36H47N5O7. The molecule has 3 amide bonds. The van der Waals surface area contributed by atoms with Crippen LogP contribution in [0.25, 0.3) is 17.0 Å². The lowest BCUT2D eigenvalue weighted by Gasteiger charge is -2.37. The second-order valence-corrected chi connectivity index (χ2v) is 13.6. The summed E-state index contributed by atoms with van der Waals surface area (Å²) in [5.41, 5.74) is 4.19. The first kappa shape index (κ1) is 35.0. The zero-order valence-electron chi connectivity index (χ0n) is 28.4. The van der Waals surface area contributed by atoms with E-state index in [4.69, 9.17) is 14.5 Å². The van der Waals surface area contributed by atoms with Crippen LogP contribution in [0.4, 0.5) is 0 Å². The number of carbonyl (C=O) groups excluding carboxylic acids is 5. The summed E-state index contributed by atoms with van der Waals surface area (Å²) in [6.45, 7) is 9.11. The van der Waals surface area contributed by atoms with Gasteiger partial charge >= 0.3 is 11.9 Å². The van der Waals surface area contributed by atoms with Gasteiger partial charge in [0.25, 0.3) is 11.8 Å². The molecule has 3 heterocycles. The maximum atomic E-state index is 14.1. The molecule has 1 spiro atoms. The fourth-order valence-corrected chi connectivity index (χ4v) is 6.52. The highest BCUT2D eigenvalue weighted by molar-refractivity contribution is 5.92. The maximum absolute atomic E-state index is 14.1. The lowest BCUT2D eigenvalue weighted by Crippen LogP contribution is -2.61. The van der Waals surface area contributed by atoms with Gasteiger partial charge in [-0.2, -0.15) is 0 Å². The van der Waals surface area contributed by atoms with Crippen molar-refractivity contribution in [3.8, 4) is 0 Å². The van der Waals surface area contributed by atoms with Crippen LogP contribution in [0.15, 0.2) is 36.4 Å². The number of fused-ring (bicyclic) bond motifs is 4. The SMILES string of the molecule is CCC(=O)OC1CCC2(C=Cc3ccc4ccc(nc4c3)C(C)NC(=O)C3CCCN(N3)C(=O)C(C)NC(=O)C(C(C)C)OC2=O)CC1. The Morgan fingerprint density at radius 1 is 1.02 bits per heavy atom. The minimum absolute atomic E-state index is 0.252. The molecule has 0 radical (unpaired) electrons. The number of benzene rings is 1. The van der Waals surface area contributed by atoms with Gasteiger partial charge in [-0.3, -0.25) is 34.0 Å². The number of hydrogen-bond acceptors (Lipinski definition) is 9. The number of amides is 3. The van der Waals surface area contributed by atoms with Gasteiger partial charge < -0.3 is 20.1 Å². The number of rotatable bonds is 3. The second kappa shape index (κ2) is 14.8. The van der Waals surface area contributed by atoms with Crippen molar-refractivity contribution < 1.29 is 33.4 Å². The molecule has 1 saturated heterocycles. The third-order valence-electron chi connectivity index (χ3n) is 9.55. The molecular weight excluding hydrogens is 614 g/mol. The maximum Gasteiger partial charge on any atom is 0.316 e. The highest BCUT2D eigenvalue weighted by Crippen LogP contribution is 2.41. The number of hydrazine groups is 1. The molecule has 3 aliphatic rings. The number of hydrogen-bond donors (Lipinski definition) is 3. The Balaban J connectivity index is 1.51. The Labute approximate surface area is 281 Å². The van der Waals surface area contributed by atoms with Crippen molar-refractivity contribution >= 4 is 46.6 Å². The van der Waals surface area contributed by atoms with Crippen LogP contribution < -0.4 is 16.1 Å². The Kier molecular flexibility index (Phi) is 10.8. The minimum Gasteiger partial charge on any atom is -0.462 e. The van der Waals surface area contributed by atoms with Crippen LogP contribution in [-0.2, 0) is 33.4 Å². The Bertz CT molecular complexity index is 1580. The molecule has 5 bridgehead atoms. The highest BCUT2D eigenvalue weighted by atomic mass is 16.6. The first-order chi connectivity index (χ1) is 22.9. The van der Waals surface area contributed by atoms with Gasteiger partial charge in [0, 0.05) is 18.4 Å². The van der Waals surface area contributed by atoms with Crippen molar-refractivity contribution in [2.24, 2.45) is 11.3 Å². The number of nitrogens with zero attached hydrogens (tertiary/aromatic N) is 2. The van der Waals surface area contributed by atoms with Crippen LogP contribution in [0.2, 0.25) is 0 Å². The standard InChI is InChI=1S/C36H47N5O7/c1-6-30(42)47-26-14-17-36(18-15-26)16-13-24-9-10-25-11-12-27(39-29(25)20-24)22(4)37-32(43)28-8-7-19-41(40-28)34(45)23(5)38-33(44)31(21(2)3)48-35(36)46/h9-13,16,20-23,26,28,31,40H,6-8,14-15,17-19H2,1-5H3,(H,37,43)(H,38,44). The van der Waals surface area contributed by atoms with Gasteiger partial charge in [0.1, 0.15) is 18.2 Å². The fraction of sp³-hybridized carbons (Fsp3) is 0.556. The van der Waals surface area contributed by atoms with E-state index in [2.05, 4.69) is 16.1 Å². The Morgan fingerprint density at radius 3 is 2.44 bits per heavy atom. The van der Waals surface area contributed by atoms with Gasteiger partial charge in [-0.05, 0) is 76.0 Å². The van der Waals surface area contributed by atoms with Gasteiger partial charge in [0.05, 0.1) is 22.7 Å². The average Bonchev–Trinajstić information content (AvgIpc) is 3.08. The molecule has 12 heteroatoms.